The predicted molar refractivity (Wildman–Crippen MR) is 100 cm³/mol. The summed E-state index contributed by atoms with van der Waals surface area (Å²) in [4.78, 5) is 0. The summed E-state index contributed by atoms with van der Waals surface area (Å²) in [5, 5.41) is 0. The van der Waals surface area contributed by atoms with Crippen LogP contribution in [0.5, 0.6) is 5.75 Å². The molecule has 0 heterocycles. The maximum absolute atomic E-state index is 6.66. The number of rotatable bonds is 5. The second-order valence-electron chi connectivity index (χ2n) is 9.69. The van der Waals surface area contributed by atoms with Crippen molar-refractivity contribution < 1.29 is 4.74 Å². The molecule has 0 saturated heterocycles. The lowest BCUT2D eigenvalue weighted by atomic mass is 9.46. The summed E-state index contributed by atoms with van der Waals surface area (Å²) in [6.07, 6.45) is 9.89. The van der Waals surface area contributed by atoms with Crippen LogP contribution in [0.15, 0.2) is 24.3 Å². The summed E-state index contributed by atoms with van der Waals surface area (Å²) in [5.74, 6) is 4.63. The molecule has 1 atom stereocenters. The standard InChI is InChI=1S/C23H34O/c1-5-16(2)20-6-8-21(9-7-20)24-22(3,4)23-13-17-10-18(14-23)12-19(11-17)15-23/h6-9,16-19H,5,10-15H2,1-4H3. The van der Waals surface area contributed by atoms with Crippen LogP contribution in [0.3, 0.4) is 0 Å². The Labute approximate surface area is 148 Å². The molecule has 1 unspecified atom stereocenters. The minimum atomic E-state index is -0.0547. The van der Waals surface area contributed by atoms with Crippen LogP contribution in [0.4, 0.5) is 0 Å². The van der Waals surface area contributed by atoms with E-state index in [1.165, 1.54) is 50.5 Å². The van der Waals surface area contributed by atoms with Gasteiger partial charge in [-0.2, -0.15) is 0 Å². The highest BCUT2D eigenvalue weighted by atomic mass is 16.5. The van der Waals surface area contributed by atoms with Crippen LogP contribution in [0.2, 0.25) is 0 Å². The second-order valence-corrected chi connectivity index (χ2v) is 9.69. The zero-order valence-electron chi connectivity index (χ0n) is 16.0. The van der Waals surface area contributed by atoms with E-state index in [1.807, 2.05) is 0 Å². The maximum atomic E-state index is 6.66. The Balaban J connectivity index is 1.53. The quantitative estimate of drug-likeness (QED) is 0.594. The van der Waals surface area contributed by atoms with Crippen LogP contribution in [0, 0.1) is 23.2 Å². The fourth-order valence-corrected chi connectivity index (χ4v) is 6.35. The first-order chi connectivity index (χ1) is 11.4. The summed E-state index contributed by atoms with van der Waals surface area (Å²) in [7, 11) is 0. The van der Waals surface area contributed by atoms with Crippen molar-refractivity contribution in [1.82, 2.24) is 0 Å². The largest absolute Gasteiger partial charge is 0.487 e. The minimum Gasteiger partial charge on any atom is -0.487 e. The van der Waals surface area contributed by atoms with Crippen LogP contribution in [-0.2, 0) is 0 Å². The molecule has 1 heteroatoms. The van der Waals surface area contributed by atoms with Gasteiger partial charge >= 0.3 is 0 Å². The highest BCUT2D eigenvalue weighted by Gasteiger charge is 2.58. The van der Waals surface area contributed by atoms with Gasteiger partial charge in [0.05, 0.1) is 0 Å². The molecular formula is C23H34O. The number of hydrogen-bond acceptors (Lipinski definition) is 1. The molecule has 132 valence electrons. The van der Waals surface area contributed by atoms with Gasteiger partial charge in [-0.3, -0.25) is 0 Å². The van der Waals surface area contributed by atoms with E-state index in [0.717, 1.165) is 23.5 Å². The van der Waals surface area contributed by atoms with Gasteiger partial charge in [-0.1, -0.05) is 26.0 Å². The summed E-state index contributed by atoms with van der Waals surface area (Å²) < 4.78 is 6.66. The Morgan fingerprint density at radius 2 is 1.50 bits per heavy atom. The van der Waals surface area contributed by atoms with Gasteiger partial charge in [0.1, 0.15) is 11.4 Å². The van der Waals surface area contributed by atoms with Gasteiger partial charge in [-0.05, 0) is 100 Å². The van der Waals surface area contributed by atoms with Crippen LogP contribution in [-0.4, -0.2) is 5.60 Å². The van der Waals surface area contributed by atoms with Crippen molar-refractivity contribution in [3.05, 3.63) is 29.8 Å². The molecule has 0 spiro atoms. The van der Waals surface area contributed by atoms with Crippen molar-refractivity contribution in [3.8, 4) is 5.75 Å². The van der Waals surface area contributed by atoms with Crippen molar-refractivity contribution >= 4 is 0 Å². The second kappa shape index (κ2) is 5.78. The van der Waals surface area contributed by atoms with Crippen molar-refractivity contribution in [2.45, 2.75) is 84.2 Å². The molecule has 0 amide bonds. The van der Waals surface area contributed by atoms with E-state index >= 15 is 0 Å². The maximum Gasteiger partial charge on any atom is 0.120 e. The van der Waals surface area contributed by atoms with Crippen molar-refractivity contribution in [1.29, 1.82) is 0 Å². The third-order valence-corrected chi connectivity index (χ3v) is 7.75. The molecule has 4 bridgehead atoms. The summed E-state index contributed by atoms with van der Waals surface area (Å²) >= 11 is 0. The molecule has 24 heavy (non-hydrogen) atoms. The molecule has 5 rings (SSSR count). The van der Waals surface area contributed by atoms with Crippen LogP contribution >= 0.6 is 0 Å². The lowest BCUT2D eigenvalue weighted by Crippen LogP contribution is -2.58. The van der Waals surface area contributed by atoms with Gasteiger partial charge < -0.3 is 4.74 Å². The van der Waals surface area contributed by atoms with E-state index in [2.05, 4.69) is 52.0 Å². The SMILES string of the molecule is CCC(C)c1ccc(OC(C)(C)C23CC4CC(CC(C4)C2)C3)cc1. The van der Waals surface area contributed by atoms with Crippen LogP contribution in [0.1, 0.15) is 84.1 Å². The van der Waals surface area contributed by atoms with Gasteiger partial charge in [0.25, 0.3) is 0 Å². The van der Waals surface area contributed by atoms with Gasteiger partial charge in [-0.15, -0.1) is 0 Å². The van der Waals surface area contributed by atoms with E-state index in [4.69, 9.17) is 4.74 Å². The lowest BCUT2D eigenvalue weighted by Gasteiger charge is -2.61. The van der Waals surface area contributed by atoms with E-state index in [1.54, 1.807) is 0 Å². The third-order valence-electron chi connectivity index (χ3n) is 7.75. The van der Waals surface area contributed by atoms with Gasteiger partial charge in [0.2, 0.25) is 0 Å². The van der Waals surface area contributed by atoms with Crippen LogP contribution < -0.4 is 4.74 Å². The number of benzene rings is 1. The van der Waals surface area contributed by atoms with Gasteiger partial charge in [-0.25, -0.2) is 0 Å². The van der Waals surface area contributed by atoms with Gasteiger partial charge in [0.15, 0.2) is 0 Å². The average molecular weight is 327 g/mol. The van der Waals surface area contributed by atoms with Gasteiger partial charge in [0, 0.05) is 5.41 Å². The molecule has 1 nitrogen and oxygen atoms in total. The molecule has 1 aromatic rings. The fourth-order valence-electron chi connectivity index (χ4n) is 6.35. The van der Waals surface area contributed by atoms with Crippen molar-refractivity contribution in [3.63, 3.8) is 0 Å². The zero-order valence-corrected chi connectivity index (χ0v) is 16.0. The molecule has 1 aromatic carbocycles. The first-order valence-corrected chi connectivity index (χ1v) is 10.2. The zero-order chi connectivity index (χ0) is 16.9. The molecule has 4 fully saturated rings. The first kappa shape index (κ1) is 16.5. The molecule has 0 radical (unpaired) electrons. The van der Waals surface area contributed by atoms with E-state index in [0.29, 0.717) is 11.3 Å². The fraction of sp³-hybridized carbons (Fsp3) is 0.739. The summed E-state index contributed by atoms with van der Waals surface area (Å²) in [5.41, 5.74) is 1.79. The Kier molecular flexibility index (Phi) is 3.97. The van der Waals surface area contributed by atoms with E-state index in [9.17, 15) is 0 Å². The molecule has 4 saturated carbocycles. The molecular weight excluding hydrogens is 292 g/mol. The first-order valence-electron chi connectivity index (χ1n) is 10.2. The summed E-state index contributed by atoms with van der Waals surface area (Å²) in [6, 6.07) is 8.92. The smallest absolute Gasteiger partial charge is 0.120 e. The Morgan fingerprint density at radius 1 is 1.00 bits per heavy atom. The Hall–Kier alpha value is -0.980. The Bertz CT molecular complexity index is 547. The summed E-state index contributed by atoms with van der Waals surface area (Å²) in [6.45, 7) is 9.28. The molecule has 0 aromatic heterocycles. The van der Waals surface area contributed by atoms with Crippen LogP contribution in [0.25, 0.3) is 0 Å². The van der Waals surface area contributed by atoms with Crippen molar-refractivity contribution in [2.75, 3.05) is 0 Å². The van der Waals surface area contributed by atoms with Crippen molar-refractivity contribution in [2.24, 2.45) is 23.2 Å². The van der Waals surface area contributed by atoms with E-state index < -0.39 is 0 Å². The number of ether oxygens (including phenoxy) is 1. The predicted octanol–water partition coefficient (Wildman–Crippen LogP) is 6.57. The topological polar surface area (TPSA) is 9.23 Å². The minimum absolute atomic E-state index is 0.0547. The third kappa shape index (κ3) is 2.68. The number of hydrogen-bond donors (Lipinski definition) is 0. The highest BCUT2D eigenvalue weighted by molar-refractivity contribution is 5.30. The average Bonchev–Trinajstić information content (AvgIpc) is 2.53. The molecule has 4 aliphatic carbocycles. The Morgan fingerprint density at radius 3 is 1.96 bits per heavy atom. The molecule has 0 N–H and O–H groups in total. The lowest BCUT2D eigenvalue weighted by molar-refractivity contribution is -0.150. The molecule has 4 aliphatic rings. The monoisotopic (exact) mass is 326 g/mol. The highest BCUT2D eigenvalue weighted by Crippen LogP contribution is 2.64. The molecule has 0 aliphatic heterocycles. The normalized spacial score (nSPS) is 35.9. The van der Waals surface area contributed by atoms with E-state index in [-0.39, 0.29) is 5.60 Å².